The second-order valence-corrected chi connectivity index (χ2v) is 3.68. The van der Waals surface area contributed by atoms with E-state index in [1.165, 1.54) is 0 Å². The van der Waals surface area contributed by atoms with Gasteiger partial charge in [-0.3, -0.25) is 10.1 Å². The maximum atomic E-state index is 11.4. The Morgan fingerprint density at radius 1 is 1.67 bits per heavy atom. The zero-order chi connectivity index (χ0) is 8.77. The Labute approximate surface area is 71.0 Å². The highest BCUT2D eigenvalue weighted by Gasteiger charge is 2.39. The van der Waals surface area contributed by atoms with E-state index in [1.54, 1.807) is 6.26 Å². The molecule has 2 N–H and O–H groups in total. The fourth-order valence-electron chi connectivity index (χ4n) is 1.43. The minimum atomic E-state index is -0.490. The fourth-order valence-corrected chi connectivity index (χ4v) is 1.43. The molecule has 12 heavy (non-hydrogen) atoms. The Bertz CT molecular complexity index is 258. The molecule has 0 aliphatic carbocycles. The van der Waals surface area contributed by atoms with Gasteiger partial charge in [0.25, 0.3) is 0 Å². The molecule has 4 heteroatoms. The van der Waals surface area contributed by atoms with Crippen LogP contribution >= 0.6 is 0 Å². The minimum absolute atomic E-state index is 0.00417. The van der Waals surface area contributed by atoms with Crippen LogP contribution in [0.1, 0.15) is 13.8 Å². The van der Waals surface area contributed by atoms with E-state index in [2.05, 4.69) is 10.6 Å². The maximum Gasteiger partial charge on any atom is 0.244 e. The first-order valence-corrected chi connectivity index (χ1v) is 4.00. The van der Waals surface area contributed by atoms with Crippen LogP contribution < -0.4 is 10.6 Å². The summed E-state index contributed by atoms with van der Waals surface area (Å²) in [5.41, 5.74) is 0.356. The van der Waals surface area contributed by atoms with Crippen LogP contribution in [0.2, 0.25) is 0 Å². The quantitative estimate of drug-likeness (QED) is 0.523. The summed E-state index contributed by atoms with van der Waals surface area (Å²) < 4.78 is 5.09. The van der Waals surface area contributed by atoms with Crippen molar-refractivity contribution >= 4 is 5.91 Å². The van der Waals surface area contributed by atoms with Gasteiger partial charge in [-0.2, -0.15) is 0 Å². The molecular formula is C8H12N2O2. The van der Waals surface area contributed by atoms with Gasteiger partial charge >= 0.3 is 0 Å². The van der Waals surface area contributed by atoms with Gasteiger partial charge in [-0.05, 0) is 13.8 Å². The molecule has 0 aromatic heterocycles. The number of nitrogens with one attached hydrogen (secondary N) is 2. The average Bonchev–Trinajstić information content (AvgIpc) is 2.35. The van der Waals surface area contributed by atoms with Crippen molar-refractivity contribution in [2.75, 3.05) is 6.61 Å². The van der Waals surface area contributed by atoms with Gasteiger partial charge in [0.15, 0.2) is 0 Å². The smallest absolute Gasteiger partial charge is 0.244 e. The first kappa shape index (κ1) is 7.61. The van der Waals surface area contributed by atoms with E-state index in [9.17, 15) is 4.79 Å². The lowest BCUT2D eigenvalue weighted by Gasteiger charge is -2.34. The van der Waals surface area contributed by atoms with E-state index < -0.39 is 5.54 Å². The lowest BCUT2D eigenvalue weighted by molar-refractivity contribution is -0.127. The molecule has 0 saturated carbocycles. The van der Waals surface area contributed by atoms with Crippen LogP contribution in [-0.4, -0.2) is 24.1 Å². The number of hydrogen-bond acceptors (Lipinski definition) is 3. The largest absolute Gasteiger partial charge is 0.497 e. The summed E-state index contributed by atoms with van der Waals surface area (Å²) in [4.78, 5) is 11.4. The Hall–Kier alpha value is -1.03. The number of rotatable bonds is 0. The first-order chi connectivity index (χ1) is 5.59. The molecule has 66 valence electrons. The number of fused-ring (bicyclic) bond motifs is 1. The average molecular weight is 168 g/mol. The normalized spacial score (nSPS) is 31.7. The van der Waals surface area contributed by atoms with Crippen molar-refractivity contribution in [3.63, 3.8) is 0 Å². The van der Waals surface area contributed by atoms with E-state index in [-0.39, 0.29) is 11.9 Å². The van der Waals surface area contributed by atoms with Gasteiger partial charge in [0.2, 0.25) is 5.91 Å². The lowest BCUT2D eigenvalue weighted by atomic mass is 9.98. The number of carbonyl (C=O) groups is 1. The van der Waals surface area contributed by atoms with Crippen LogP contribution in [0.5, 0.6) is 0 Å². The lowest BCUT2D eigenvalue weighted by Crippen LogP contribution is -2.63. The van der Waals surface area contributed by atoms with Gasteiger partial charge in [-0.15, -0.1) is 0 Å². The van der Waals surface area contributed by atoms with Gasteiger partial charge in [0.1, 0.15) is 12.9 Å². The van der Waals surface area contributed by atoms with Gasteiger partial charge in [-0.1, -0.05) is 0 Å². The molecule has 2 heterocycles. The van der Waals surface area contributed by atoms with Gasteiger partial charge in [0.05, 0.1) is 17.3 Å². The molecule has 0 aromatic rings. The minimum Gasteiger partial charge on any atom is -0.497 e. The standard InChI is InChI=1S/C8H12N2O2/c1-8(2)7(11)9-5-3-12-4-6(5)10-8/h3,6,10H,4H2,1-2H3,(H,9,11). The summed E-state index contributed by atoms with van der Waals surface area (Å²) in [6.45, 7) is 4.33. The second kappa shape index (κ2) is 2.23. The molecular weight excluding hydrogens is 156 g/mol. The molecule has 1 amide bonds. The monoisotopic (exact) mass is 168 g/mol. The number of hydrogen-bond donors (Lipinski definition) is 2. The predicted octanol–water partition coefficient (Wildman–Crippen LogP) is -0.275. The number of ether oxygens (including phenoxy) is 1. The predicted molar refractivity (Wildman–Crippen MR) is 43.2 cm³/mol. The molecule has 1 unspecified atom stereocenters. The molecule has 1 atom stereocenters. The third kappa shape index (κ3) is 0.992. The van der Waals surface area contributed by atoms with Crippen LogP contribution in [-0.2, 0) is 9.53 Å². The summed E-state index contributed by atoms with van der Waals surface area (Å²) in [5.74, 6) is -0.00417. The molecule has 1 fully saturated rings. The third-order valence-corrected chi connectivity index (χ3v) is 2.21. The molecule has 2 rings (SSSR count). The molecule has 2 aliphatic heterocycles. The summed E-state index contributed by atoms with van der Waals surface area (Å²) in [7, 11) is 0. The summed E-state index contributed by atoms with van der Waals surface area (Å²) in [5, 5.41) is 6.00. The Morgan fingerprint density at radius 3 is 3.17 bits per heavy atom. The van der Waals surface area contributed by atoms with Crippen molar-refractivity contribution in [1.29, 1.82) is 0 Å². The highest BCUT2D eigenvalue weighted by Crippen LogP contribution is 2.18. The SMILES string of the molecule is CC1(C)NC2COC=C2NC1=O. The van der Waals surface area contributed by atoms with Crippen LogP contribution in [0.4, 0.5) is 0 Å². The van der Waals surface area contributed by atoms with Crippen molar-refractivity contribution in [2.24, 2.45) is 0 Å². The van der Waals surface area contributed by atoms with Crippen molar-refractivity contribution < 1.29 is 9.53 Å². The highest BCUT2D eigenvalue weighted by molar-refractivity contribution is 5.88. The molecule has 1 saturated heterocycles. The van der Waals surface area contributed by atoms with Crippen molar-refractivity contribution in [2.45, 2.75) is 25.4 Å². The zero-order valence-corrected chi connectivity index (χ0v) is 7.18. The second-order valence-electron chi connectivity index (χ2n) is 3.68. The fraction of sp³-hybridized carbons (Fsp3) is 0.625. The van der Waals surface area contributed by atoms with Crippen LogP contribution in [0.3, 0.4) is 0 Å². The third-order valence-electron chi connectivity index (χ3n) is 2.21. The number of piperazine rings is 1. The summed E-state index contributed by atoms with van der Waals surface area (Å²) in [6.07, 6.45) is 1.60. The molecule has 4 nitrogen and oxygen atoms in total. The van der Waals surface area contributed by atoms with Gasteiger partial charge < -0.3 is 10.1 Å². The molecule has 0 aromatic carbocycles. The Kier molecular flexibility index (Phi) is 1.41. The molecule has 0 radical (unpaired) electrons. The summed E-state index contributed by atoms with van der Waals surface area (Å²) >= 11 is 0. The van der Waals surface area contributed by atoms with Crippen LogP contribution in [0.15, 0.2) is 12.0 Å². The van der Waals surface area contributed by atoms with Crippen molar-refractivity contribution in [3.05, 3.63) is 12.0 Å². The van der Waals surface area contributed by atoms with E-state index in [4.69, 9.17) is 4.74 Å². The van der Waals surface area contributed by atoms with Crippen molar-refractivity contribution in [3.8, 4) is 0 Å². The van der Waals surface area contributed by atoms with Gasteiger partial charge in [0, 0.05) is 0 Å². The summed E-state index contributed by atoms with van der Waals surface area (Å²) in [6, 6.07) is 0.151. The first-order valence-electron chi connectivity index (χ1n) is 4.00. The number of amides is 1. The number of carbonyl (C=O) groups excluding carboxylic acids is 1. The maximum absolute atomic E-state index is 11.4. The molecule has 2 aliphatic rings. The van der Waals surface area contributed by atoms with Crippen LogP contribution in [0, 0.1) is 0 Å². The van der Waals surface area contributed by atoms with E-state index in [1.807, 2.05) is 13.8 Å². The van der Waals surface area contributed by atoms with Gasteiger partial charge in [-0.25, -0.2) is 0 Å². The van der Waals surface area contributed by atoms with E-state index >= 15 is 0 Å². The zero-order valence-electron chi connectivity index (χ0n) is 7.18. The topological polar surface area (TPSA) is 50.4 Å². The highest BCUT2D eigenvalue weighted by atomic mass is 16.5. The molecule has 0 spiro atoms. The Balaban J connectivity index is 2.22. The van der Waals surface area contributed by atoms with Crippen molar-refractivity contribution in [1.82, 2.24) is 10.6 Å². The molecule has 0 bridgehead atoms. The Morgan fingerprint density at radius 2 is 2.42 bits per heavy atom. The van der Waals surface area contributed by atoms with E-state index in [0.717, 1.165) is 5.70 Å². The van der Waals surface area contributed by atoms with E-state index in [0.29, 0.717) is 6.61 Å². The van der Waals surface area contributed by atoms with Crippen LogP contribution in [0.25, 0.3) is 0 Å².